The summed E-state index contributed by atoms with van der Waals surface area (Å²) >= 11 is 0. The van der Waals surface area contributed by atoms with E-state index in [4.69, 9.17) is 4.42 Å². The summed E-state index contributed by atoms with van der Waals surface area (Å²) in [6.45, 7) is 0. The van der Waals surface area contributed by atoms with Gasteiger partial charge in [-0.1, -0.05) is 18.2 Å². The summed E-state index contributed by atoms with van der Waals surface area (Å²) in [5.74, 6) is 0. The molecule has 15 heavy (non-hydrogen) atoms. The number of hydrogen-bond donors (Lipinski definition) is 0. The SMILES string of the molecule is O=c1ccoc2cnc3ccccc3c12. The number of pyridine rings is 1. The number of fused-ring (bicyclic) bond motifs is 3. The average Bonchev–Trinajstić information content (AvgIpc) is 2.29. The molecular weight excluding hydrogens is 190 g/mol. The van der Waals surface area contributed by atoms with E-state index in [1.807, 2.05) is 24.3 Å². The predicted octanol–water partition coefficient (Wildman–Crippen LogP) is 2.34. The van der Waals surface area contributed by atoms with E-state index >= 15 is 0 Å². The van der Waals surface area contributed by atoms with Gasteiger partial charge in [-0.3, -0.25) is 9.78 Å². The van der Waals surface area contributed by atoms with Crippen LogP contribution in [0.5, 0.6) is 0 Å². The molecule has 0 bridgehead atoms. The highest BCUT2D eigenvalue weighted by molar-refractivity contribution is 6.02. The van der Waals surface area contributed by atoms with Crippen LogP contribution in [0.4, 0.5) is 0 Å². The molecule has 0 N–H and O–H groups in total. The summed E-state index contributed by atoms with van der Waals surface area (Å²) in [4.78, 5) is 15.9. The minimum absolute atomic E-state index is 0.0325. The molecule has 0 radical (unpaired) electrons. The van der Waals surface area contributed by atoms with E-state index in [1.54, 1.807) is 6.20 Å². The lowest BCUT2D eigenvalue weighted by molar-refractivity contribution is 0.601. The molecule has 0 atom stereocenters. The standard InChI is InChI=1S/C12H7NO2/c14-10-5-6-15-11-7-13-9-4-2-1-3-8(9)12(10)11/h1-7H. The van der Waals surface area contributed by atoms with Crippen molar-refractivity contribution in [2.24, 2.45) is 0 Å². The quantitative estimate of drug-likeness (QED) is 0.519. The third-order valence-corrected chi connectivity index (χ3v) is 2.40. The molecule has 2 heterocycles. The number of para-hydroxylation sites is 1. The smallest absolute Gasteiger partial charge is 0.193 e. The van der Waals surface area contributed by atoms with Crippen molar-refractivity contribution < 1.29 is 4.42 Å². The molecule has 0 aliphatic heterocycles. The maximum Gasteiger partial charge on any atom is 0.193 e. The summed E-state index contributed by atoms with van der Waals surface area (Å²) in [7, 11) is 0. The Balaban J connectivity index is 2.70. The molecular formula is C12H7NO2. The molecule has 2 aromatic heterocycles. The second kappa shape index (κ2) is 2.92. The van der Waals surface area contributed by atoms with Gasteiger partial charge in [-0.05, 0) is 6.07 Å². The number of hydrogen-bond acceptors (Lipinski definition) is 3. The molecule has 3 aromatic rings. The van der Waals surface area contributed by atoms with E-state index in [-0.39, 0.29) is 5.43 Å². The van der Waals surface area contributed by atoms with Crippen LogP contribution in [0.1, 0.15) is 0 Å². The molecule has 0 aliphatic rings. The predicted molar refractivity (Wildman–Crippen MR) is 57.8 cm³/mol. The van der Waals surface area contributed by atoms with Crippen molar-refractivity contribution in [1.29, 1.82) is 0 Å². The van der Waals surface area contributed by atoms with E-state index in [2.05, 4.69) is 4.98 Å². The highest BCUT2D eigenvalue weighted by Crippen LogP contribution is 2.19. The molecule has 0 amide bonds. The maximum atomic E-state index is 11.7. The fourth-order valence-electron chi connectivity index (χ4n) is 1.72. The second-order valence-electron chi connectivity index (χ2n) is 3.30. The van der Waals surface area contributed by atoms with Crippen molar-refractivity contribution >= 4 is 21.9 Å². The van der Waals surface area contributed by atoms with Gasteiger partial charge in [0, 0.05) is 11.5 Å². The number of rotatable bonds is 0. The van der Waals surface area contributed by atoms with Gasteiger partial charge < -0.3 is 4.42 Å². The Morgan fingerprint density at radius 1 is 1.13 bits per heavy atom. The second-order valence-corrected chi connectivity index (χ2v) is 3.30. The summed E-state index contributed by atoms with van der Waals surface area (Å²) in [5, 5.41) is 1.44. The summed E-state index contributed by atoms with van der Waals surface area (Å²) in [5.41, 5.74) is 1.31. The van der Waals surface area contributed by atoms with Crippen LogP contribution in [0.15, 0.2) is 52.0 Å². The first kappa shape index (κ1) is 8.17. The van der Waals surface area contributed by atoms with Gasteiger partial charge in [-0.2, -0.15) is 0 Å². The Bertz CT molecular complexity index is 700. The highest BCUT2D eigenvalue weighted by Gasteiger charge is 2.05. The third kappa shape index (κ3) is 1.13. The van der Waals surface area contributed by atoms with E-state index in [9.17, 15) is 4.79 Å². The van der Waals surface area contributed by atoms with Crippen molar-refractivity contribution in [3.05, 3.63) is 53.0 Å². The van der Waals surface area contributed by atoms with E-state index < -0.39 is 0 Å². The molecule has 72 valence electrons. The lowest BCUT2D eigenvalue weighted by Gasteiger charge is -1.99. The normalized spacial score (nSPS) is 10.9. The first-order chi connectivity index (χ1) is 7.36. The lowest BCUT2D eigenvalue weighted by atomic mass is 10.1. The van der Waals surface area contributed by atoms with Gasteiger partial charge in [0.1, 0.15) is 0 Å². The first-order valence-corrected chi connectivity index (χ1v) is 4.61. The van der Waals surface area contributed by atoms with Crippen LogP contribution < -0.4 is 5.43 Å². The lowest BCUT2D eigenvalue weighted by Crippen LogP contribution is -1.99. The number of aromatic nitrogens is 1. The number of benzene rings is 1. The van der Waals surface area contributed by atoms with Crippen LogP contribution >= 0.6 is 0 Å². The zero-order chi connectivity index (χ0) is 10.3. The van der Waals surface area contributed by atoms with Crippen LogP contribution in [-0.4, -0.2) is 4.98 Å². The zero-order valence-electron chi connectivity index (χ0n) is 7.81. The molecule has 0 unspecified atom stereocenters. The maximum absolute atomic E-state index is 11.7. The van der Waals surface area contributed by atoms with Crippen LogP contribution in [-0.2, 0) is 0 Å². The van der Waals surface area contributed by atoms with Crippen LogP contribution in [0.25, 0.3) is 21.9 Å². The molecule has 1 aromatic carbocycles. The summed E-state index contributed by atoms with van der Waals surface area (Å²) in [6.07, 6.45) is 2.97. The minimum Gasteiger partial charge on any atom is -0.462 e. The van der Waals surface area contributed by atoms with Crippen molar-refractivity contribution in [2.45, 2.75) is 0 Å². The highest BCUT2D eigenvalue weighted by atomic mass is 16.3. The first-order valence-electron chi connectivity index (χ1n) is 4.61. The molecule has 0 spiro atoms. The van der Waals surface area contributed by atoms with Crippen LogP contribution in [0.2, 0.25) is 0 Å². The molecule has 3 rings (SSSR count). The fraction of sp³-hybridized carbons (Fsp3) is 0. The Labute approximate surface area is 85.0 Å². The Morgan fingerprint density at radius 2 is 2.00 bits per heavy atom. The van der Waals surface area contributed by atoms with Gasteiger partial charge in [0.2, 0.25) is 0 Å². The van der Waals surface area contributed by atoms with Crippen LogP contribution in [0, 0.1) is 0 Å². The Kier molecular flexibility index (Phi) is 1.59. The van der Waals surface area contributed by atoms with Gasteiger partial charge in [-0.25, -0.2) is 0 Å². The van der Waals surface area contributed by atoms with Gasteiger partial charge in [0.15, 0.2) is 11.0 Å². The van der Waals surface area contributed by atoms with Gasteiger partial charge in [0.25, 0.3) is 0 Å². The third-order valence-electron chi connectivity index (χ3n) is 2.40. The molecule has 0 saturated carbocycles. The van der Waals surface area contributed by atoms with Crippen molar-refractivity contribution in [3.63, 3.8) is 0 Å². The molecule has 0 aliphatic carbocycles. The monoisotopic (exact) mass is 197 g/mol. The fourth-order valence-corrected chi connectivity index (χ4v) is 1.72. The minimum atomic E-state index is -0.0325. The molecule has 3 nitrogen and oxygen atoms in total. The summed E-state index contributed by atoms with van der Waals surface area (Å²) in [6, 6.07) is 8.96. The molecule has 0 saturated heterocycles. The summed E-state index contributed by atoms with van der Waals surface area (Å²) < 4.78 is 5.24. The van der Waals surface area contributed by atoms with Crippen molar-refractivity contribution in [1.82, 2.24) is 4.98 Å². The van der Waals surface area contributed by atoms with Gasteiger partial charge in [-0.15, -0.1) is 0 Å². The Morgan fingerprint density at radius 3 is 2.93 bits per heavy atom. The topological polar surface area (TPSA) is 43.1 Å². The molecule has 3 heteroatoms. The Hall–Kier alpha value is -2.16. The van der Waals surface area contributed by atoms with E-state index in [1.165, 1.54) is 12.3 Å². The van der Waals surface area contributed by atoms with Crippen molar-refractivity contribution in [3.8, 4) is 0 Å². The number of nitrogens with zero attached hydrogens (tertiary/aromatic N) is 1. The van der Waals surface area contributed by atoms with Crippen molar-refractivity contribution in [2.75, 3.05) is 0 Å². The zero-order valence-corrected chi connectivity index (χ0v) is 7.81. The van der Waals surface area contributed by atoms with Crippen LogP contribution in [0.3, 0.4) is 0 Å². The van der Waals surface area contributed by atoms with Gasteiger partial charge in [0.05, 0.1) is 23.4 Å². The molecule has 0 fully saturated rings. The average molecular weight is 197 g/mol. The largest absolute Gasteiger partial charge is 0.462 e. The van der Waals surface area contributed by atoms with E-state index in [0.29, 0.717) is 11.0 Å². The van der Waals surface area contributed by atoms with Gasteiger partial charge >= 0.3 is 0 Å². The van der Waals surface area contributed by atoms with E-state index in [0.717, 1.165) is 10.9 Å².